The zero-order chi connectivity index (χ0) is 13.0. The topological polar surface area (TPSA) is 62.3 Å². The first-order valence-corrected chi connectivity index (χ1v) is 6.40. The third kappa shape index (κ3) is 2.74. The van der Waals surface area contributed by atoms with Gasteiger partial charge in [0.05, 0.1) is 17.4 Å². The molecule has 2 rings (SSSR count). The SMILES string of the molecule is CCN(CC1CCCO1)c1ccc(C#N)c(N)c1. The Kier molecular flexibility index (Phi) is 4.06. The molecule has 0 spiro atoms. The van der Waals surface area contributed by atoms with E-state index in [1.165, 1.54) is 0 Å². The average Bonchev–Trinajstić information content (AvgIpc) is 2.88. The Morgan fingerprint density at radius 2 is 2.39 bits per heavy atom. The number of likely N-dealkylation sites (N-methyl/N-ethyl adjacent to an activating group) is 1. The lowest BCUT2D eigenvalue weighted by Gasteiger charge is -2.26. The van der Waals surface area contributed by atoms with Gasteiger partial charge in [0.1, 0.15) is 6.07 Å². The summed E-state index contributed by atoms with van der Waals surface area (Å²) in [7, 11) is 0. The van der Waals surface area contributed by atoms with Crippen molar-refractivity contribution in [2.45, 2.75) is 25.9 Å². The fourth-order valence-electron chi connectivity index (χ4n) is 2.30. The lowest BCUT2D eigenvalue weighted by atomic mass is 10.1. The summed E-state index contributed by atoms with van der Waals surface area (Å²) in [6.07, 6.45) is 2.60. The molecule has 1 aliphatic rings. The zero-order valence-corrected chi connectivity index (χ0v) is 10.7. The van der Waals surface area contributed by atoms with Gasteiger partial charge in [0.2, 0.25) is 0 Å². The lowest BCUT2D eigenvalue weighted by Crippen LogP contribution is -2.32. The van der Waals surface area contributed by atoms with Gasteiger partial charge in [0.25, 0.3) is 0 Å². The average molecular weight is 245 g/mol. The minimum Gasteiger partial charge on any atom is -0.398 e. The Morgan fingerprint density at radius 1 is 1.56 bits per heavy atom. The Bertz CT molecular complexity index is 447. The van der Waals surface area contributed by atoms with Gasteiger partial charge in [0.15, 0.2) is 0 Å². The molecule has 1 aromatic carbocycles. The van der Waals surface area contributed by atoms with E-state index in [-0.39, 0.29) is 0 Å². The van der Waals surface area contributed by atoms with Crippen LogP contribution in [0.25, 0.3) is 0 Å². The van der Waals surface area contributed by atoms with Crippen LogP contribution in [0.3, 0.4) is 0 Å². The maximum absolute atomic E-state index is 8.87. The maximum atomic E-state index is 8.87. The normalized spacial score (nSPS) is 18.6. The molecule has 4 heteroatoms. The van der Waals surface area contributed by atoms with Crippen molar-refractivity contribution in [3.63, 3.8) is 0 Å². The number of hydrogen-bond acceptors (Lipinski definition) is 4. The molecular formula is C14H19N3O. The molecule has 0 saturated carbocycles. The van der Waals surface area contributed by atoms with Gasteiger partial charge in [-0.2, -0.15) is 5.26 Å². The van der Waals surface area contributed by atoms with E-state index in [1.54, 1.807) is 6.07 Å². The summed E-state index contributed by atoms with van der Waals surface area (Å²) in [6, 6.07) is 7.69. The van der Waals surface area contributed by atoms with Crippen LogP contribution in [-0.2, 0) is 4.74 Å². The molecule has 1 unspecified atom stereocenters. The third-order valence-corrected chi connectivity index (χ3v) is 3.35. The Labute approximate surface area is 108 Å². The number of nitriles is 1. The number of ether oxygens (including phenoxy) is 1. The van der Waals surface area contributed by atoms with E-state index >= 15 is 0 Å². The Balaban J connectivity index is 2.11. The van der Waals surface area contributed by atoms with Crippen molar-refractivity contribution in [3.05, 3.63) is 23.8 Å². The van der Waals surface area contributed by atoms with Crippen LogP contribution in [0.1, 0.15) is 25.3 Å². The maximum Gasteiger partial charge on any atom is 0.101 e. The van der Waals surface area contributed by atoms with Gasteiger partial charge < -0.3 is 15.4 Å². The van der Waals surface area contributed by atoms with Gasteiger partial charge in [-0.05, 0) is 38.0 Å². The Morgan fingerprint density at radius 3 is 2.94 bits per heavy atom. The largest absolute Gasteiger partial charge is 0.398 e. The number of nitrogen functional groups attached to an aromatic ring is 1. The van der Waals surface area contributed by atoms with Crippen LogP contribution in [0.15, 0.2) is 18.2 Å². The Hall–Kier alpha value is -1.73. The fourth-order valence-corrected chi connectivity index (χ4v) is 2.30. The highest BCUT2D eigenvalue weighted by Gasteiger charge is 2.19. The van der Waals surface area contributed by atoms with Gasteiger partial charge in [-0.25, -0.2) is 0 Å². The second-order valence-electron chi connectivity index (χ2n) is 4.56. The molecule has 18 heavy (non-hydrogen) atoms. The molecule has 1 saturated heterocycles. The van der Waals surface area contributed by atoms with Crippen LogP contribution in [0.5, 0.6) is 0 Å². The van der Waals surface area contributed by atoms with E-state index in [9.17, 15) is 0 Å². The summed E-state index contributed by atoms with van der Waals surface area (Å²) in [5.41, 5.74) is 7.99. The first-order chi connectivity index (χ1) is 8.74. The van der Waals surface area contributed by atoms with Gasteiger partial charge in [0, 0.05) is 25.4 Å². The standard InChI is InChI=1S/C14H19N3O/c1-2-17(10-13-4-3-7-18-13)12-6-5-11(9-15)14(16)8-12/h5-6,8,13H,2-4,7,10,16H2,1H3. The summed E-state index contributed by atoms with van der Waals surface area (Å²) in [6.45, 7) is 4.79. The van der Waals surface area contributed by atoms with E-state index in [0.29, 0.717) is 17.4 Å². The van der Waals surface area contributed by atoms with Gasteiger partial charge in [-0.3, -0.25) is 0 Å². The first kappa shape index (κ1) is 12.7. The molecule has 1 fully saturated rings. The van der Waals surface area contributed by atoms with E-state index in [0.717, 1.165) is 38.2 Å². The second kappa shape index (κ2) is 5.74. The van der Waals surface area contributed by atoms with Crippen molar-refractivity contribution in [1.29, 1.82) is 5.26 Å². The van der Waals surface area contributed by atoms with E-state index < -0.39 is 0 Å². The number of nitrogens with two attached hydrogens (primary N) is 1. The first-order valence-electron chi connectivity index (χ1n) is 6.40. The monoisotopic (exact) mass is 245 g/mol. The van der Waals surface area contributed by atoms with Crippen LogP contribution in [0.2, 0.25) is 0 Å². The number of anilines is 2. The van der Waals surface area contributed by atoms with E-state index in [2.05, 4.69) is 17.9 Å². The molecule has 2 N–H and O–H groups in total. The third-order valence-electron chi connectivity index (χ3n) is 3.35. The molecule has 1 aliphatic heterocycles. The minimum atomic E-state index is 0.321. The molecule has 4 nitrogen and oxygen atoms in total. The highest BCUT2D eigenvalue weighted by atomic mass is 16.5. The molecule has 0 bridgehead atoms. The molecule has 1 aromatic rings. The second-order valence-corrected chi connectivity index (χ2v) is 4.56. The number of hydrogen-bond donors (Lipinski definition) is 1. The van der Waals surface area contributed by atoms with Crippen molar-refractivity contribution in [1.82, 2.24) is 0 Å². The van der Waals surface area contributed by atoms with Gasteiger partial charge in [-0.1, -0.05) is 0 Å². The molecule has 1 heterocycles. The molecule has 0 radical (unpaired) electrons. The summed E-state index contributed by atoms with van der Waals surface area (Å²) in [5.74, 6) is 0. The van der Waals surface area contributed by atoms with Crippen molar-refractivity contribution < 1.29 is 4.74 Å². The van der Waals surface area contributed by atoms with Gasteiger partial charge >= 0.3 is 0 Å². The predicted octanol–water partition coefficient (Wildman–Crippen LogP) is 2.15. The molecule has 1 atom stereocenters. The van der Waals surface area contributed by atoms with Crippen LogP contribution in [-0.4, -0.2) is 25.8 Å². The zero-order valence-electron chi connectivity index (χ0n) is 10.7. The molecule has 96 valence electrons. The van der Waals surface area contributed by atoms with E-state index in [4.69, 9.17) is 15.7 Å². The van der Waals surface area contributed by atoms with Crippen molar-refractivity contribution in [3.8, 4) is 6.07 Å². The quantitative estimate of drug-likeness (QED) is 0.826. The van der Waals surface area contributed by atoms with Crippen LogP contribution >= 0.6 is 0 Å². The minimum absolute atomic E-state index is 0.321. The summed E-state index contributed by atoms with van der Waals surface area (Å²) in [5, 5.41) is 8.87. The van der Waals surface area contributed by atoms with Crippen molar-refractivity contribution in [2.24, 2.45) is 0 Å². The smallest absolute Gasteiger partial charge is 0.101 e. The molecule has 0 amide bonds. The van der Waals surface area contributed by atoms with Crippen LogP contribution < -0.4 is 10.6 Å². The number of rotatable bonds is 4. The van der Waals surface area contributed by atoms with Crippen LogP contribution in [0.4, 0.5) is 11.4 Å². The predicted molar refractivity (Wildman–Crippen MR) is 72.4 cm³/mol. The number of benzene rings is 1. The highest BCUT2D eigenvalue weighted by molar-refractivity contribution is 5.63. The molecule has 0 aliphatic carbocycles. The number of nitrogens with zero attached hydrogens (tertiary/aromatic N) is 2. The van der Waals surface area contributed by atoms with Crippen molar-refractivity contribution >= 4 is 11.4 Å². The summed E-state index contributed by atoms with van der Waals surface area (Å²) in [4.78, 5) is 2.24. The highest BCUT2D eigenvalue weighted by Crippen LogP contribution is 2.23. The summed E-state index contributed by atoms with van der Waals surface area (Å²) >= 11 is 0. The van der Waals surface area contributed by atoms with Crippen LogP contribution in [0, 0.1) is 11.3 Å². The van der Waals surface area contributed by atoms with E-state index in [1.807, 2.05) is 12.1 Å². The molecular weight excluding hydrogens is 226 g/mol. The van der Waals surface area contributed by atoms with Gasteiger partial charge in [-0.15, -0.1) is 0 Å². The summed E-state index contributed by atoms with van der Waals surface area (Å²) < 4.78 is 5.66. The van der Waals surface area contributed by atoms with Crippen molar-refractivity contribution in [2.75, 3.05) is 30.3 Å². The molecule has 0 aromatic heterocycles. The lowest BCUT2D eigenvalue weighted by molar-refractivity contribution is 0.115. The fraction of sp³-hybridized carbons (Fsp3) is 0.500.